The number of nitrogen functional groups attached to an aromatic ring is 1. The van der Waals surface area contributed by atoms with Gasteiger partial charge in [-0.05, 0) is 72.7 Å². The minimum atomic E-state index is -0.334. The van der Waals surface area contributed by atoms with Gasteiger partial charge in [0.2, 0.25) is 10.6 Å². The zero-order chi connectivity index (χ0) is 24.4. The molecule has 11 heteroatoms. The number of unbranched alkanes of at least 4 members (excludes halogenated alkanes) is 1. The summed E-state index contributed by atoms with van der Waals surface area (Å²) >= 11 is 8.66. The average Bonchev–Trinajstić information content (AvgIpc) is 3.47. The van der Waals surface area contributed by atoms with Gasteiger partial charge in [-0.2, -0.15) is 0 Å². The lowest BCUT2D eigenvalue weighted by Crippen LogP contribution is -2.09. The van der Waals surface area contributed by atoms with Gasteiger partial charge in [-0.15, -0.1) is 5.10 Å². The lowest BCUT2D eigenvalue weighted by Gasteiger charge is -2.10. The maximum Gasteiger partial charge on any atom is 0.340 e. The number of hydrogen-bond acceptors (Lipinski definition) is 7. The number of carbonyl (C=O) groups is 1. The van der Waals surface area contributed by atoms with Crippen molar-refractivity contribution >= 4 is 45.0 Å². The Morgan fingerprint density at radius 1 is 1.32 bits per heavy atom. The van der Waals surface area contributed by atoms with Crippen LogP contribution in [0, 0.1) is 11.7 Å². The Hall–Kier alpha value is -3.05. The quantitative estimate of drug-likeness (QED) is 0.161. The van der Waals surface area contributed by atoms with E-state index in [1.165, 1.54) is 4.68 Å². The van der Waals surface area contributed by atoms with E-state index in [2.05, 4.69) is 37.6 Å². The van der Waals surface area contributed by atoms with E-state index in [1.54, 1.807) is 19.1 Å². The first-order valence-corrected chi connectivity index (χ1v) is 12.2. The number of furan rings is 1. The lowest BCUT2D eigenvalue weighted by molar-refractivity contribution is 0.0527. The van der Waals surface area contributed by atoms with Crippen LogP contribution in [0.3, 0.4) is 0 Å². The fourth-order valence-electron chi connectivity index (χ4n) is 3.86. The SMILES string of the molecule is CCCCn1c(C)c(C(=O)OCC)c2cc(OCc3ccc(-c4n[nH]c(=S)n4N)o3)c(Br)cc21. The molecule has 1 aromatic carbocycles. The zero-order valence-corrected chi connectivity index (χ0v) is 21.6. The van der Waals surface area contributed by atoms with E-state index in [0.717, 1.165) is 40.5 Å². The van der Waals surface area contributed by atoms with Crippen molar-refractivity contribution in [3.05, 3.63) is 50.5 Å². The number of ether oxygens (including phenoxy) is 2. The molecule has 0 aliphatic carbocycles. The van der Waals surface area contributed by atoms with Gasteiger partial charge in [0.25, 0.3) is 0 Å². The molecule has 0 radical (unpaired) electrons. The van der Waals surface area contributed by atoms with Gasteiger partial charge in [-0.1, -0.05) is 13.3 Å². The van der Waals surface area contributed by atoms with E-state index >= 15 is 0 Å². The predicted molar refractivity (Wildman–Crippen MR) is 135 cm³/mol. The minimum absolute atomic E-state index is 0.171. The highest BCUT2D eigenvalue weighted by Gasteiger charge is 2.23. The Labute approximate surface area is 209 Å². The number of nitrogens with two attached hydrogens (primary N) is 1. The van der Waals surface area contributed by atoms with Crippen molar-refractivity contribution in [2.75, 3.05) is 12.4 Å². The number of aryl methyl sites for hydroxylation is 1. The van der Waals surface area contributed by atoms with Crippen molar-refractivity contribution in [1.82, 2.24) is 19.4 Å². The number of aromatic nitrogens is 4. The summed E-state index contributed by atoms with van der Waals surface area (Å²) in [5.74, 6) is 7.56. The van der Waals surface area contributed by atoms with Crippen molar-refractivity contribution in [2.24, 2.45) is 0 Å². The third kappa shape index (κ3) is 4.49. The molecule has 0 atom stereocenters. The molecule has 0 aliphatic rings. The molecule has 0 fully saturated rings. The highest BCUT2D eigenvalue weighted by molar-refractivity contribution is 9.10. The van der Waals surface area contributed by atoms with Gasteiger partial charge in [-0.25, -0.2) is 14.6 Å². The van der Waals surface area contributed by atoms with Crippen molar-refractivity contribution in [3.63, 3.8) is 0 Å². The molecule has 0 saturated heterocycles. The summed E-state index contributed by atoms with van der Waals surface area (Å²) < 4.78 is 21.7. The van der Waals surface area contributed by atoms with E-state index in [-0.39, 0.29) is 12.6 Å². The van der Waals surface area contributed by atoms with Gasteiger partial charge >= 0.3 is 5.97 Å². The van der Waals surface area contributed by atoms with Crippen LogP contribution in [0.1, 0.15) is 48.5 Å². The number of carbonyl (C=O) groups excluding carboxylic acids is 1. The number of esters is 1. The van der Waals surface area contributed by atoms with Crippen LogP contribution >= 0.6 is 28.1 Å². The largest absolute Gasteiger partial charge is 0.484 e. The normalized spacial score (nSPS) is 11.3. The second-order valence-corrected chi connectivity index (χ2v) is 9.00. The zero-order valence-electron chi connectivity index (χ0n) is 19.2. The number of H-pyrrole nitrogens is 1. The first-order valence-electron chi connectivity index (χ1n) is 11.0. The number of benzene rings is 1. The molecule has 0 unspecified atom stereocenters. The Bertz CT molecular complexity index is 1400. The van der Waals surface area contributed by atoms with Crippen LogP contribution in [0.4, 0.5) is 0 Å². The fraction of sp³-hybridized carbons (Fsp3) is 0.348. The van der Waals surface area contributed by atoms with Crippen LogP contribution in [-0.2, 0) is 17.9 Å². The molecule has 4 aromatic rings. The third-order valence-corrected chi connectivity index (χ3v) is 6.46. The Kier molecular flexibility index (Phi) is 7.13. The molecule has 180 valence electrons. The van der Waals surface area contributed by atoms with Crippen LogP contribution in [-0.4, -0.2) is 32.0 Å². The van der Waals surface area contributed by atoms with Crippen LogP contribution in [0.5, 0.6) is 5.75 Å². The van der Waals surface area contributed by atoms with Crippen molar-refractivity contribution in [3.8, 4) is 17.3 Å². The maximum absolute atomic E-state index is 12.8. The van der Waals surface area contributed by atoms with E-state index in [1.807, 2.05) is 19.1 Å². The van der Waals surface area contributed by atoms with Crippen LogP contribution in [0.15, 0.2) is 33.2 Å². The van der Waals surface area contributed by atoms with E-state index in [0.29, 0.717) is 40.0 Å². The smallest absolute Gasteiger partial charge is 0.340 e. The molecule has 0 saturated carbocycles. The molecule has 4 rings (SSSR count). The molecular formula is C23H26BrN5O4S. The van der Waals surface area contributed by atoms with Gasteiger partial charge < -0.3 is 24.3 Å². The topological polar surface area (TPSA) is 113 Å². The summed E-state index contributed by atoms with van der Waals surface area (Å²) in [6, 6.07) is 7.39. The number of fused-ring (bicyclic) bond motifs is 1. The number of rotatable bonds is 9. The molecule has 3 N–H and O–H groups in total. The monoisotopic (exact) mass is 547 g/mol. The highest BCUT2D eigenvalue weighted by Crippen LogP contribution is 2.36. The summed E-state index contributed by atoms with van der Waals surface area (Å²) in [7, 11) is 0. The molecule has 0 spiro atoms. The second-order valence-electron chi connectivity index (χ2n) is 7.76. The van der Waals surface area contributed by atoms with E-state index in [4.69, 9.17) is 32.0 Å². The number of nitrogens with one attached hydrogen (secondary N) is 1. The Balaban J connectivity index is 1.65. The molecule has 0 amide bonds. The minimum Gasteiger partial charge on any atom is -0.484 e. The first-order chi connectivity index (χ1) is 16.3. The van der Waals surface area contributed by atoms with Crippen molar-refractivity contribution < 1.29 is 18.7 Å². The molecule has 0 aliphatic heterocycles. The average molecular weight is 548 g/mol. The third-order valence-electron chi connectivity index (χ3n) is 5.55. The Morgan fingerprint density at radius 3 is 2.79 bits per heavy atom. The lowest BCUT2D eigenvalue weighted by atomic mass is 10.1. The summed E-state index contributed by atoms with van der Waals surface area (Å²) in [4.78, 5) is 12.8. The second kappa shape index (κ2) is 10.1. The summed E-state index contributed by atoms with van der Waals surface area (Å²) in [6.07, 6.45) is 2.06. The van der Waals surface area contributed by atoms with Crippen LogP contribution < -0.4 is 10.6 Å². The van der Waals surface area contributed by atoms with E-state index < -0.39 is 0 Å². The molecule has 34 heavy (non-hydrogen) atoms. The predicted octanol–water partition coefficient (Wildman–Crippen LogP) is 5.50. The number of nitrogens with zero attached hydrogens (tertiary/aromatic N) is 3. The van der Waals surface area contributed by atoms with Gasteiger partial charge in [0.15, 0.2) is 5.76 Å². The number of hydrogen-bond donors (Lipinski definition) is 2. The van der Waals surface area contributed by atoms with Gasteiger partial charge in [0.05, 0.1) is 22.2 Å². The van der Waals surface area contributed by atoms with Crippen LogP contribution in [0.25, 0.3) is 22.5 Å². The summed E-state index contributed by atoms with van der Waals surface area (Å²) in [5, 5.41) is 7.49. The molecule has 9 nitrogen and oxygen atoms in total. The molecule has 3 aromatic heterocycles. The summed E-state index contributed by atoms with van der Waals surface area (Å²) in [6.45, 7) is 7.20. The first kappa shape index (κ1) is 24.1. The fourth-order valence-corrected chi connectivity index (χ4v) is 4.43. The van der Waals surface area contributed by atoms with Crippen molar-refractivity contribution in [1.29, 1.82) is 0 Å². The standard InChI is InChI=1S/C23H26BrN5O4S/c1-4-6-9-28-13(3)20(22(30)31-5-2)15-10-19(16(24)11-17(15)28)32-12-14-7-8-18(33-14)21-26-27-23(34)29(21)25/h7-8,10-11H,4-6,9,12,25H2,1-3H3,(H,27,34). The number of halogens is 1. The Morgan fingerprint density at radius 2 is 2.12 bits per heavy atom. The number of aromatic amines is 1. The van der Waals surface area contributed by atoms with Gasteiger partial charge in [-0.3, -0.25) is 0 Å². The summed E-state index contributed by atoms with van der Waals surface area (Å²) in [5.41, 5.74) is 2.41. The van der Waals surface area contributed by atoms with E-state index in [9.17, 15) is 4.79 Å². The molecule has 3 heterocycles. The van der Waals surface area contributed by atoms with Crippen LogP contribution in [0.2, 0.25) is 0 Å². The van der Waals surface area contributed by atoms with Gasteiger partial charge in [0.1, 0.15) is 18.1 Å². The van der Waals surface area contributed by atoms with Gasteiger partial charge in [0, 0.05) is 17.6 Å². The molecule has 0 bridgehead atoms. The molecular weight excluding hydrogens is 522 g/mol. The maximum atomic E-state index is 12.8. The highest BCUT2D eigenvalue weighted by atomic mass is 79.9. The van der Waals surface area contributed by atoms with Crippen molar-refractivity contribution in [2.45, 2.75) is 46.8 Å².